The molecule has 9 heteroatoms. The number of para-hydroxylation sites is 1. The van der Waals surface area contributed by atoms with Crippen LogP contribution in [-0.4, -0.2) is 26.5 Å². The Labute approximate surface area is 168 Å². The number of pyridine rings is 1. The Balaban J connectivity index is 1.69. The van der Waals surface area contributed by atoms with Crippen molar-refractivity contribution in [3.63, 3.8) is 0 Å². The maximum atomic E-state index is 12.8. The summed E-state index contributed by atoms with van der Waals surface area (Å²) in [6.07, 6.45) is 0. The number of hydrogen-bond acceptors (Lipinski definition) is 7. The minimum Gasteiger partial charge on any atom is -0.384 e. The highest BCUT2D eigenvalue weighted by Crippen LogP contribution is 2.30. The standard InChI is InChI=1S/C21H13N5O4/c22-17-16-13(19(28)24-20(16)29)10-15(27)26(17)14-9-5-4-8-12(14)21-23-18(25-30-21)11-6-2-1-3-7-11/h1-10H,22H2,(H,24,28,29). The Morgan fingerprint density at radius 1 is 0.900 bits per heavy atom. The van der Waals surface area contributed by atoms with Crippen molar-refractivity contribution >= 4 is 17.6 Å². The third-order valence-corrected chi connectivity index (χ3v) is 4.79. The maximum absolute atomic E-state index is 12.8. The molecular weight excluding hydrogens is 386 g/mol. The first-order chi connectivity index (χ1) is 14.5. The summed E-state index contributed by atoms with van der Waals surface area (Å²) >= 11 is 0. The number of benzene rings is 2. The second kappa shape index (κ2) is 6.52. The lowest BCUT2D eigenvalue weighted by Crippen LogP contribution is -2.24. The molecule has 0 unspecified atom stereocenters. The molecule has 0 atom stereocenters. The second-order valence-electron chi connectivity index (χ2n) is 6.58. The molecule has 1 aliphatic rings. The molecule has 1 aliphatic heterocycles. The molecule has 30 heavy (non-hydrogen) atoms. The molecule has 0 aliphatic carbocycles. The summed E-state index contributed by atoms with van der Waals surface area (Å²) in [7, 11) is 0. The smallest absolute Gasteiger partial charge is 0.262 e. The zero-order valence-corrected chi connectivity index (χ0v) is 15.3. The van der Waals surface area contributed by atoms with Gasteiger partial charge in [-0.05, 0) is 12.1 Å². The van der Waals surface area contributed by atoms with Crippen molar-refractivity contribution < 1.29 is 14.1 Å². The number of rotatable bonds is 3. The number of nitrogens with one attached hydrogen (secondary N) is 1. The van der Waals surface area contributed by atoms with Gasteiger partial charge in [-0.1, -0.05) is 47.6 Å². The number of fused-ring (bicyclic) bond motifs is 1. The molecule has 4 aromatic rings. The summed E-state index contributed by atoms with van der Waals surface area (Å²) in [5.74, 6) is -0.876. The van der Waals surface area contributed by atoms with Crippen LogP contribution in [0.1, 0.15) is 20.7 Å². The van der Waals surface area contributed by atoms with Crippen LogP contribution in [0.2, 0.25) is 0 Å². The molecule has 2 aromatic carbocycles. The van der Waals surface area contributed by atoms with Crippen LogP contribution >= 0.6 is 0 Å². The van der Waals surface area contributed by atoms with Gasteiger partial charge in [-0.3, -0.25) is 24.3 Å². The molecule has 3 N–H and O–H groups in total. The average molecular weight is 399 g/mol. The Morgan fingerprint density at radius 2 is 1.63 bits per heavy atom. The Morgan fingerprint density at radius 3 is 2.43 bits per heavy atom. The normalized spacial score (nSPS) is 12.7. The highest BCUT2D eigenvalue weighted by Gasteiger charge is 2.32. The van der Waals surface area contributed by atoms with Crippen molar-refractivity contribution in [3.05, 3.63) is 82.1 Å². The molecule has 9 nitrogen and oxygen atoms in total. The predicted octanol–water partition coefficient (Wildman–Crippen LogP) is 2.02. The molecule has 0 bridgehead atoms. The Hall–Kier alpha value is -4.53. The highest BCUT2D eigenvalue weighted by atomic mass is 16.5. The van der Waals surface area contributed by atoms with Gasteiger partial charge < -0.3 is 10.3 Å². The molecule has 0 radical (unpaired) electrons. The molecule has 2 aromatic heterocycles. The number of anilines is 1. The number of aromatic nitrogens is 3. The monoisotopic (exact) mass is 399 g/mol. The Bertz CT molecular complexity index is 1390. The summed E-state index contributed by atoms with van der Waals surface area (Å²) in [5.41, 5.74) is 7.07. The minimum atomic E-state index is -0.650. The summed E-state index contributed by atoms with van der Waals surface area (Å²) in [4.78, 5) is 41.2. The lowest BCUT2D eigenvalue weighted by atomic mass is 10.1. The van der Waals surface area contributed by atoms with E-state index in [1.54, 1.807) is 24.3 Å². The van der Waals surface area contributed by atoms with E-state index in [0.29, 0.717) is 17.1 Å². The summed E-state index contributed by atoms with van der Waals surface area (Å²) < 4.78 is 6.58. The van der Waals surface area contributed by atoms with Gasteiger partial charge in [0.1, 0.15) is 5.82 Å². The summed E-state index contributed by atoms with van der Waals surface area (Å²) in [5, 5.41) is 6.15. The zero-order chi connectivity index (χ0) is 20.8. The molecule has 146 valence electrons. The lowest BCUT2D eigenvalue weighted by molar-refractivity contribution is 0.0880. The fourth-order valence-electron chi connectivity index (χ4n) is 3.41. The van der Waals surface area contributed by atoms with Crippen LogP contribution < -0.4 is 16.6 Å². The topological polar surface area (TPSA) is 133 Å². The van der Waals surface area contributed by atoms with Crippen molar-refractivity contribution in [2.24, 2.45) is 0 Å². The van der Waals surface area contributed by atoms with E-state index in [-0.39, 0.29) is 22.8 Å². The van der Waals surface area contributed by atoms with Crippen LogP contribution in [0, 0.1) is 0 Å². The van der Waals surface area contributed by atoms with Crippen molar-refractivity contribution in [3.8, 4) is 28.5 Å². The molecule has 0 saturated carbocycles. The number of nitrogen functional groups attached to an aromatic ring is 1. The van der Waals surface area contributed by atoms with Crippen molar-refractivity contribution in [1.82, 2.24) is 20.0 Å². The minimum absolute atomic E-state index is 0.0371. The third kappa shape index (κ3) is 2.60. The largest absolute Gasteiger partial charge is 0.384 e. The van der Waals surface area contributed by atoms with Crippen LogP contribution in [0.4, 0.5) is 5.82 Å². The molecular formula is C21H13N5O4. The number of nitrogens with two attached hydrogens (primary N) is 1. The SMILES string of the molecule is Nc1c2c(cc(=O)n1-c1ccccc1-c1nc(-c3ccccc3)no1)C(=O)NC2=O. The zero-order valence-electron chi connectivity index (χ0n) is 15.3. The van der Waals surface area contributed by atoms with Crippen LogP contribution in [-0.2, 0) is 0 Å². The number of nitrogens with zero attached hydrogens (tertiary/aromatic N) is 3. The van der Waals surface area contributed by atoms with Gasteiger partial charge >= 0.3 is 0 Å². The number of carbonyl (C=O) groups is 2. The van der Waals surface area contributed by atoms with Crippen LogP contribution in [0.25, 0.3) is 28.5 Å². The maximum Gasteiger partial charge on any atom is 0.262 e. The summed E-state index contributed by atoms with van der Waals surface area (Å²) in [6.45, 7) is 0. The molecule has 0 fully saturated rings. The number of hydrogen-bond donors (Lipinski definition) is 2. The van der Waals surface area contributed by atoms with Crippen molar-refractivity contribution in [2.75, 3.05) is 5.73 Å². The van der Waals surface area contributed by atoms with Crippen molar-refractivity contribution in [1.29, 1.82) is 0 Å². The van der Waals surface area contributed by atoms with E-state index < -0.39 is 17.4 Å². The number of imide groups is 1. The molecule has 3 heterocycles. The first-order valence-corrected chi connectivity index (χ1v) is 8.94. The second-order valence-corrected chi connectivity index (χ2v) is 6.58. The van der Waals surface area contributed by atoms with E-state index in [2.05, 4.69) is 15.5 Å². The van der Waals surface area contributed by atoms with E-state index in [4.69, 9.17) is 10.3 Å². The van der Waals surface area contributed by atoms with E-state index in [9.17, 15) is 14.4 Å². The van der Waals surface area contributed by atoms with E-state index in [1.165, 1.54) is 0 Å². The van der Waals surface area contributed by atoms with Gasteiger partial charge in [-0.15, -0.1) is 0 Å². The predicted molar refractivity (Wildman–Crippen MR) is 107 cm³/mol. The van der Waals surface area contributed by atoms with Crippen LogP contribution in [0.5, 0.6) is 0 Å². The third-order valence-electron chi connectivity index (χ3n) is 4.79. The quantitative estimate of drug-likeness (QED) is 0.504. The van der Waals surface area contributed by atoms with Gasteiger partial charge in [0.2, 0.25) is 5.82 Å². The van der Waals surface area contributed by atoms with Crippen LogP contribution in [0.15, 0.2) is 70.0 Å². The summed E-state index contributed by atoms with van der Waals surface area (Å²) in [6, 6.07) is 17.2. The van der Waals surface area contributed by atoms with Gasteiger partial charge in [0.25, 0.3) is 23.3 Å². The van der Waals surface area contributed by atoms with Crippen molar-refractivity contribution in [2.45, 2.75) is 0 Å². The van der Waals surface area contributed by atoms with Gasteiger partial charge in [-0.2, -0.15) is 4.98 Å². The highest BCUT2D eigenvalue weighted by molar-refractivity contribution is 6.23. The Kier molecular flexibility index (Phi) is 3.82. The van der Waals surface area contributed by atoms with E-state index >= 15 is 0 Å². The first-order valence-electron chi connectivity index (χ1n) is 8.94. The van der Waals surface area contributed by atoms with Gasteiger partial charge in [0, 0.05) is 11.6 Å². The fourth-order valence-corrected chi connectivity index (χ4v) is 3.41. The molecule has 2 amide bonds. The van der Waals surface area contributed by atoms with Crippen LogP contribution in [0.3, 0.4) is 0 Å². The van der Waals surface area contributed by atoms with Gasteiger partial charge in [0.15, 0.2) is 0 Å². The number of carbonyl (C=O) groups excluding carboxylic acids is 2. The fraction of sp³-hybridized carbons (Fsp3) is 0. The number of amides is 2. The van der Waals surface area contributed by atoms with Gasteiger partial charge in [0.05, 0.1) is 22.4 Å². The molecule has 0 saturated heterocycles. The molecule has 0 spiro atoms. The first kappa shape index (κ1) is 17.6. The molecule has 5 rings (SSSR count). The lowest BCUT2D eigenvalue weighted by Gasteiger charge is -2.14. The van der Waals surface area contributed by atoms with E-state index in [0.717, 1.165) is 16.2 Å². The average Bonchev–Trinajstić information content (AvgIpc) is 3.34. The van der Waals surface area contributed by atoms with Gasteiger partial charge in [-0.25, -0.2) is 0 Å². The van der Waals surface area contributed by atoms with E-state index in [1.807, 2.05) is 30.3 Å².